The van der Waals surface area contributed by atoms with Gasteiger partial charge in [-0.25, -0.2) is 4.99 Å². The van der Waals surface area contributed by atoms with Crippen molar-refractivity contribution in [1.82, 2.24) is 0 Å². The summed E-state index contributed by atoms with van der Waals surface area (Å²) in [6.45, 7) is 6.64. The minimum Gasteiger partial charge on any atom is -0.494 e. The summed E-state index contributed by atoms with van der Waals surface area (Å²) in [6, 6.07) is 14.4. The Balaban J connectivity index is 1.35. The second-order valence-corrected chi connectivity index (χ2v) is 8.69. The van der Waals surface area contributed by atoms with E-state index in [9.17, 15) is 9.90 Å². The maximum absolute atomic E-state index is 11.6. The largest absolute Gasteiger partial charge is 0.494 e. The van der Waals surface area contributed by atoms with Gasteiger partial charge in [-0.15, -0.1) is 0 Å². The molecule has 0 radical (unpaired) electrons. The topological polar surface area (TPSA) is 68.1 Å². The van der Waals surface area contributed by atoms with Gasteiger partial charge in [0.2, 0.25) is 5.90 Å². The van der Waals surface area contributed by atoms with Crippen molar-refractivity contribution in [2.75, 3.05) is 6.61 Å². The molecule has 1 N–H and O–H groups in total. The number of rotatable bonds is 8. The van der Waals surface area contributed by atoms with Crippen LogP contribution in [0.1, 0.15) is 61.3 Å². The van der Waals surface area contributed by atoms with E-state index in [0.29, 0.717) is 18.9 Å². The van der Waals surface area contributed by atoms with E-state index in [1.165, 1.54) is 16.7 Å². The van der Waals surface area contributed by atoms with Crippen molar-refractivity contribution in [2.24, 2.45) is 10.9 Å². The number of ether oxygens (including phenoxy) is 2. The predicted molar refractivity (Wildman–Crippen MR) is 121 cm³/mol. The Kier molecular flexibility index (Phi) is 6.30. The van der Waals surface area contributed by atoms with Gasteiger partial charge in [-0.05, 0) is 74.4 Å². The van der Waals surface area contributed by atoms with E-state index in [-0.39, 0.29) is 24.0 Å². The first-order chi connectivity index (χ1) is 15.0. The first-order valence-electron chi connectivity index (χ1n) is 11.3. The molecule has 164 valence electrons. The summed E-state index contributed by atoms with van der Waals surface area (Å²) in [5, 5.41) is 9.51. The number of aliphatic carboxylic acids is 1. The monoisotopic (exact) mass is 421 g/mol. The summed E-state index contributed by atoms with van der Waals surface area (Å²) in [4.78, 5) is 16.3. The molecular formula is C26H31NO4. The van der Waals surface area contributed by atoms with Crippen LogP contribution in [0.2, 0.25) is 0 Å². The molecule has 0 spiro atoms. The van der Waals surface area contributed by atoms with Gasteiger partial charge in [0.1, 0.15) is 11.9 Å². The van der Waals surface area contributed by atoms with Gasteiger partial charge in [0, 0.05) is 12.0 Å². The molecule has 0 amide bonds. The molecule has 5 nitrogen and oxygen atoms in total. The molecule has 1 heterocycles. The van der Waals surface area contributed by atoms with Crippen LogP contribution in [0.25, 0.3) is 0 Å². The summed E-state index contributed by atoms with van der Waals surface area (Å²) in [6.07, 6.45) is 3.29. The van der Waals surface area contributed by atoms with Crippen molar-refractivity contribution in [3.63, 3.8) is 0 Å². The molecule has 0 aromatic heterocycles. The van der Waals surface area contributed by atoms with Crippen LogP contribution < -0.4 is 4.74 Å². The molecule has 2 aromatic rings. The maximum atomic E-state index is 11.6. The molecule has 2 aliphatic rings. The van der Waals surface area contributed by atoms with Gasteiger partial charge in [0.25, 0.3) is 0 Å². The van der Waals surface area contributed by atoms with Gasteiger partial charge in [0.05, 0.1) is 18.6 Å². The molecule has 2 aromatic carbocycles. The number of carboxylic acids is 1. The first kappa shape index (κ1) is 21.4. The number of aliphatic imine (C=N–C) groups is 1. The van der Waals surface area contributed by atoms with Crippen molar-refractivity contribution in [3.8, 4) is 5.75 Å². The molecule has 4 rings (SSSR count). The molecule has 0 bridgehead atoms. The summed E-state index contributed by atoms with van der Waals surface area (Å²) < 4.78 is 12.0. The van der Waals surface area contributed by atoms with E-state index in [4.69, 9.17) is 14.5 Å². The van der Waals surface area contributed by atoms with Crippen LogP contribution in [-0.2, 0) is 16.0 Å². The van der Waals surface area contributed by atoms with Crippen molar-refractivity contribution in [1.29, 1.82) is 0 Å². The second-order valence-electron chi connectivity index (χ2n) is 8.69. The Morgan fingerprint density at radius 1 is 1.26 bits per heavy atom. The highest BCUT2D eigenvalue weighted by atomic mass is 16.5. The number of fused-ring (bicyclic) bond motifs is 1. The second kappa shape index (κ2) is 9.13. The van der Waals surface area contributed by atoms with E-state index in [0.717, 1.165) is 30.6 Å². The molecule has 4 unspecified atom stereocenters. The lowest BCUT2D eigenvalue weighted by Gasteiger charge is -2.19. The summed E-state index contributed by atoms with van der Waals surface area (Å²) in [5.74, 6) is 0.663. The van der Waals surface area contributed by atoms with Crippen molar-refractivity contribution in [2.45, 2.75) is 64.5 Å². The zero-order valence-electron chi connectivity index (χ0n) is 18.5. The number of hydrogen-bond acceptors (Lipinski definition) is 4. The Morgan fingerprint density at radius 3 is 2.74 bits per heavy atom. The van der Waals surface area contributed by atoms with Crippen LogP contribution in [0.5, 0.6) is 5.75 Å². The van der Waals surface area contributed by atoms with Crippen LogP contribution in [0, 0.1) is 12.8 Å². The van der Waals surface area contributed by atoms with Crippen LogP contribution in [0.15, 0.2) is 47.5 Å². The highest BCUT2D eigenvalue weighted by Gasteiger charge is 2.33. The molecule has 0 fully saturated rings. The molecule has 31 heavy (non-hydrogen) atoms. The Morgan fingerprint density at radius 2 is 2.03 bits per heavy atom. The van der Waals surface area contributed by atoms with Crippen molar-refractivity contribution >= 4 is 11.9 Å². The molecule has 1 aliphatic heterocycles. The van der Waals surface area contributed by atoms with Crippen molar-refractivity contribution in [3.05, 3.63) is 64.7 Å². The van der Waals surface area contributed by atoms with Crippen LogP contribution in [0.4, 0.5) is 0 Å². The molecule has 0 saturated heterocycles. The third-order valence-electron chi connectivity index (χ3n) is 6.58. The molecule has 4 atom stereocenters. The van der Waals surface area contributed by atoms with E-state index in [1.54, 1.807) is 0 Å². The van der Waals surface area contributed by atoms with Crippen LogP contribution >= 0.6 is 0 Å². The van der Waals surface area contributed by atoms with Crippen LogP contribution in [0.3, 0.4) is 0 Å². The molecule has 5 heteroatoms. The number of nitrogens with zero attached hydrogens (tertiary/aromatic N) is 1. The average molecular weight is 422 g/mol. The van der Waals surface area contributed by atoms with E-state index in [1.807, 2.05) is 25.1 Å². The SMILES string of the molecule is CCC(C(=O)O)C1CCc2cc(OCCC3N=C(c4ccc(C)cc4)OC3C)ccc21. The summed E-state index contributed by atoms with van der Waals surface area (Å²) in [7, 11) is 0. The third kappa shape index (κ3) is 4.60. The fourth-order valence-electron chi connectivity index (χ4n) is 4.74. The normalized spacial score (nSPS) is 23.1. The maximum Gasteiger partial charge on any atom is 0.307 e. The Hall–Kier alpha value is -2.82. The first-order valence-corrected chi connectivity index (χ1v) is 11.3. The van der Waals surface area contributed by atoms with Crippen LogP contribution in [-0.4, -0.2) is 35.7 Å². The Labute approximate surface area is 184 Å². The van der Waals surface area contributed by atoms with E-state index < -0.39 is 5.97 Å². The zero-order chi connectivity index (χ0) is 22.0. The average Bonchev–Trinajstić information content (AvgIpc) is 3.32. The standard InChI is InChI=1S/C26H31NO4/c1-4-21(26(28)29)23-11-9-19-15-20(10-12-22(19)23)30-14-13-24-17(3)31-25(27-24)18-7-5-16(2)6-8-18/h5-8,10,12,15,17,21,23-24H,4,9,11,13-14H2,1-3H3,(H,28,29). The number of aryl methyl sites for hydroxylation is 2. The highest BCUT2D eigenvalue weighted by molar-refractivity contribution is 5.95. The van der Waals surface area contributed by atoms with Gasteiger partial charge < -0.3 is 14.6 Å². The van der Waals surface area contributed by atoms with Gasteiger partial charge in [0.15, 0.2) is 0 Å². The molecule has 1 aliphatic carbocycles. The number of carbonyl (C=O) groups is 1. The van der Waals surface area contributed by atoms with E-state index in [2.05, 4.69) is 38.1 Å². The smallest absolute Gasteiger partial charge is 0.307 e. The van der Waals surface area contributed by atoms with Gasteiger partial charge in [-0.2, -0.15) is 0 Å². The number of benzene rings is 2. The Bertz CT molecular complexity index is 966. The van der Waals surface area contributed by atoms with E-state index >= 15 is 0 Å². The fraction of sp³-hybridized carbons (Fsp3) is 0.462. The van der Waals surface area contributed by atoms with Gasteiger partial charge in [-0.1, -0.05) is 30.7 Å². The fourth-order valence-corrected chi connectivity index (χ4v) is 4.74. The highest BCUT2D eigenvalue weighted by Crippen LogP contribution is 2.41. The summed E-state index contributed by atoms with van der Waals surface area (Å²) >= 11 is 0. The number of hydrogen-bond donors (Lipinski definition) is 1. The quantitative estimate of drug-likeness (QED) is 0.641. The minimum atomic E-state index is -0.695. The zero-order valence-corrected chi connectivity index (χ0v) is 18.5. The van der Waals surface area contributed by atoms with Gasteiger partial charge >= 0.3 is 5.97 Å². The molecular weight excluding hydrogens is 390 g/mol. The molecule has 0 saturated carbocycles. The predicted octanol–water partition coefficient (Wildman–Crippen LogP) is 5.14. The lowest BCUT2D eigenvalue weighted by atomic mass is 9.85. The minimum absolute atomic E-state index is 0.0303. The lowest BCUT2D eigenvalue weighted by Crippen LogP contribution is -2.21. The summed E-state index contributed by atoms with van der Waals surface area (Å²) in [5.41, 5.74) is 4.63. The van der Waals surface area contributed by atoms with Gasteiger partial charge in [-0.3, -0.25) is 4.79 Å². The number of carboxylic acid groups (broad SMARTS) is 1. The van der Waals surface area contributed by atoms with Crippen molar-refractivity contribution < 1.29 is 19.4 Å². The third-order valence-corrected chi connectivity index (χ3v) is 6.58. The lowest BCUT2D eigenvalue weighted by molar-refractivity contribution is -0.142.